The average molecular weight is 289 g/mol. The summed E-state index contributed by atoms with van der Waals surface area (Å²) in [7, 11) is 0. The van der Waals surface area contributed by atoms with Crippen LogP contribution >= 0.6 is 0 Å². The number of piperazine rings is 1. The van der Waals surface area contributed by atoms with Gasteiger partial charge in [0.25, 0.3) is 5.91 Å². The predicted octanol–water partition coefficient (Wildman–Crippen LogP) is 2.02. The van der Waals surface area contributed by atoms with E-state index in [2.05, 4.69) is 17.0 Å². The fraction of sp³-hybridized carbons (Fsp3) is 0.467. The molecule has 112 valence electrons. The van der Waals surface area contributed by atoms with Gasteiger partial charge in [-0.3, -0.25) is 4.79 Å². The van der Waals surface area contributed by atoms with Crippen LogP contribution in [0.25, 0.3) is 11.5 Å². The number of carbonyl (C=O) groups excluding carboxylic acids is 1. The number of furan rings is 1. The maximum atomic E-state index is 12.8. The largest absolute Gasteiger partial charge is 0.463 e. The number of aromatic nitrogens is 1. The normalized spacial score (nSPS) is 16.4. The van der Waals surface area contributed by atoms with Crippen LogP contribution in [0.3, 0.4) is 0 Å². The van der Waals surface area contributed by atoms with Crippen molar-refractivity contribution in [3.05, 3.63) is 29.7 Å². The lowest BCUT2D eigenvalue weighted by molar-refractivity contribution is 0.0642. The van der Waals surface area contributed by atoms with Crippen LogP contribution in [0.1, 0.15) is 23.0 Å². The zero-order chi connectivity index (χ0) is 14.8. The van der Waals surface area contributed by atoms with Crippen molar-refractivity contribution in [1.82, 2.24) is 15.0 Å². The average Bonchev–Trinajstić information content (AvgIpc) is 3.16. The minimum absolute atomic E-state index is 0.0316. The predicted molar refractivity (Wildman–Crippen MR) is 77.0 cm³/mol. The molecule has 0 saturated carbocycles. The van der Waals surface area contributed by atoms with Gasteiger partial charge in [-0.1, -0.05) is 12.1 Å². The number of aryl methyl sites for hydroxylation is 1. The van der Waals surface area contributed by atoms with E-state index in [4.69, 9.17) is 8.94 Å². The first kappa shape index (κ1) is 13.9. The molecule has 0 aromatic carbocycles. The van der Waals surface area contributed by atoms with Crippen molar-refractivity contribution in [3.63, 3.8) is 0 Å². The number of nitrogens with zero attached hydrogens (tertiary/aromatic N) is 3. The van der Waals surface area contributed by atoms with Gasteiger partial charge in [0.05, 0.1) is 6.26 Å². The first-order valence-corrected chi connectivity index (χ1v) is 7.22. The zero-order valence-corrected chi connectivity index (χ0v) is 12.3. The van der Waals surface area contributed by atoms with Crippen molar-refractivity contribution in [1.29, 1.82) is 0 Å². The van der Waals surface area contributed by atoms with E-state index < -0.39 is 0 Å². The second-order valence-corrected chi connectivity index (χ2v) is 5.17. The van der Waals surface area contributed by atoms with E-state index in [1.807, 2.05) is 4.90 Å². The molecule has 3 rings (SSSR count). The quantitative estimate of drug-likeness (QED) is 0.865. The van der Waals surface area contributed by atoms with Crippen molar-refractivity contribution in [2.45, 2.75) is 13.8 Å². The Kier molecular flexibility index (Phi) is 3.79. The van der Waals surface area contributed by atoms with Gasteiger partial charge in [-0.2, -0.15) is 0 Å². The lowest BCUT2D eigenvalue weighted by Crippen LogP contribution is -2.48. The number of amides is 1. The molecule has 21 heavy (non-hydrogen) atoms. The highest BCUT2D eigenvalue weighted by Gasteiger charge is 2.29. The Balaban J connectivity index is 1.84. The smallest absolute Gasteiger partial charge is 0.259 e. The Morgan fingerprint density at radius 2 is 2.10 bits per heavy atom. The second kappa shape index (κ2) is 5.73. The van der Waals surface area contributed by atoms with Crippen LogP contribution in [-0.4, -0.2) is 53.6 Å². The third kappa shape index (κ3) is 2.58. The lowest BCUT2D eigenvalue weighted by atomic mass is 10.1. The SMILES string of the molecule is CCN1CCN(C(=O)c2c(-c3ccco3)noc2C)CC1. The minimum atomic E-state index is -0.0316. The highest BCUT2D eigenvalue weighted by molar-refractivity contribution is 6.00. The molecule has 1 saturated heterocycles. The van der Waals surface area contributed by atoms with Crippen LogP contribution in [0, 0.1) is 6.92 Å². The topological polar surface area (TPSA) is 62.7 Å². The minimum Gasteiger partial charge on any atom is -0.463 e. The first-order valence-electron chi connectivity index (χ1n) is 7.22. The summed E-state index contributed by atoms with van der Waals surface area (Å²) < 4.78 is 10.5. The summed E-state index contributed by atoms with van der Waals surface area (Å²) in [6.07, 6.45) is 1.56. The van der Waals surface area contributed by atoms with Crippen LogP contribution in [0.5, 0.6) is 0 Å². The summed E-state index contributed by atoms with van der Waals surface area (Å²) in [5.74, 6) is 1.06. The molecule has 0 N–H and O–H groups in total. The van der Waals surface area contributed by atoms with E-state index in [-0.39, 0.29) is 5.91 Å². The van der Waals surface area contributed by atoms with Crippen molar-refractivity contribution in [2.75, 3.05) is 32.7 Å². The molecule has 0 radical (unpaired) electrons. The second-order valence-electron chi connectivity index (χ2n) is 5.17. The fourth-order valence-corrected chi connectivity index (χ4v) is 2.63. The maximum Gasteiger partial charge on any atom is 0.259 e. The van der Waals surface area contributed by atoms with Crippen LogP contribution in [0.2, 0.25) is 0 Å². The Bertz CT molecular complexity index is 610. The molecule has 0 bridgehead atoms. The number of likely N-dealkylation sites (N-methyl/N-ethyl adjacent to an activating group) is 1. The van der Waals surface area contributed by atoms with Crippen LogP contribution in [0.4, 0.5) is 0 Å². The van der Waals surface area contributed by atoms with Crippen molar-refractivity contribution < 1.29 is 13.7 Å². The zero-order valence-electron chi connectivity index (χ0n) is 12.3. The van der Waals surface area contributed by atoms with E-state index in [0.717, 1.165) is 32.7 Å². The van der Waals surface area contributed by atoms with Gasteiger partial charge in [-0.25, -0.2) is 0 Å². The van der Waals surface area contributed by atoms with Gasteiger partial charge in [0.15, 0.2) is 11.5 Å². The molecule has 1 fully saturated rings. The molecular formula is C15H19N3O3. The fourth-order valence-electron chi connectivity index (χ4n) is 2.63. The number of hydrogen-bond donors (Lipinski definition) is 0. The van der Waals surface area contributed by atoms with Gasteiger partial charge < -0.3 is 18.7 Å². The van der Waals surface area contributed by atoms with Gasteiger partial charge in [0.2, 0.25) is 0 Å². The molecule has 1 amide bonds. The molecule has 0 spiro atoms. The summed E-state index contributed by atoms with van der Waals surface area (Å²) >= 11 is 0. The third-order valence-electron chi connectivity index (χ3n) is 3.94. The van der Waals surface area contributed by atoms with E-state index in [1.54, 1.807) is 25.3 Å². The number of rotatable bonds is 3. The Morgan fingerprint density at radius 3 is 2.71 bits per heavy atom. The van der Waals surface area contributed by atoms with Crippen molar-refractivity contribution in [3.8, 4) is 11.5 Å². The monoisotopic (exact) mass is 289 g/mol. The maximum absolute atomic E-state index is 12.8. The third-order valence-corrected chi connectivity index (χ3v) is 3.94. The molecule has 2 aromatic rings. The number of carbonyl (C=O) groups is 1. The molecule has 1 aliphatic heterocycles. The number of hydrogen-bond acceptors (Lipinski definition) is 5. The molecule has 1 aliphatic rings. The van der Waals surface area contributed by atoms with Crippen molar-refractivity contribution >= 4 is 5.91 Å². The van der Waals surface area contributed by atoms with E-state index in [0.29, 0.717) is 22.8 Å². The van der Waals surface area contributed by atoms with E-state index >= 15 is 0 Å². The van der Waals surface area contributed by atoms with E-state index in [9.17, 15) is 4.79 Å². The summed E-state index contributed by atoms with van der Waals surface area (Å²) in [6, 6.07) is 3.55. The van der Waals surface area contributed by atoms with Crippen LogP contribution in [0.15, 0.2) is 27.3 Å². The van der Waals surface area contributed by atoms with Crippen LogP contribution in [-0.2, 0) is 0 Å². The van der Waals surface area contributed by atoms with Gasteiger partial charge in [0, 0.05) is 26.2 Å². The summed E-state index contributed by atoms with van der Waals surface area (Å²) in [5, 5.41) is 3.98. The van der Waals surface area contributed by atoms with Gasteiger partial charge in [0.1, 0.15) is 11.3 Å². The molecule has 0 atom stereocenters. The molecule has 3 heterocycles. The molecule has 0 unspecified atom stereocenters. The summed E-state index contributed by atoms with van der Waals surface area (Å²) in [4.78, 5) is 16.9. The van der Waals surface area contributed by atoms with Gasteiger partial charge in [-0.05, 0) is 25.6 Å². The molecular weight excluding hydrogens is 270 g/mol. The summed E-state index contributed by atoms with van der Waals surface area (Å²) in [5.41, 5.74) is 0.996. The van der Waals surface area contributed by atoms with Crippen LogP contribution < -0.4 is 0 Å². The molecule has 0 aliphatic carbocycles. The van der Waals surface area contributed by atoms with E-state index in [1.165, 1.54) is 0 Å². The molecule has 6 heteroatoms. The van der Waals surface area contributed by atoms with Gasteiger partial charge in [-0.15, -0.1) is 0 Å². The molecule has 2 aromatic heterocycles. The Labute approximate surface area is 123 Å². The standard InChI is InChI=1S/C15H19N3O3/c1-3-17-6-8-18(9-7-17)15(19)13-11(2)21-16-14(13)12-5-4-10-20-12/h4-5,10H,3,6-9H2,1-2H3. The van der Waals surface area contributed by atoms with Crippen molar-refractivity contribution in [2.24, 2.45) is 0 Å². The lowest BCUT2D eigenvalue weighted by Gasteiger charge is -2.33. The highest BCUT2D eigenvalue weighted by atomic mass is 16.5. The summed E-state index contributed by atoms with van der Waals surface area (Å²) in [6.45, 7) is 8.19. The highest BCUT2D eigenvalue weighted by Crippen LogP contribution is 2.27. The van der Waals surface area contributed by atoms with Gasteiger partial charge >= 0.3 is 0 Å². The first-order chi connectivity index (χ1) is 10.2. The Morgan fingerprint density at radius 1 is 1.33 bits per heavy atom. The Hall–Kier alpha value is -2.08. The molecule has 6 nitrogen and oxygen atoms in total.